The predicted octanol–water partition coefficient (Wildman–Crippen LogP) is 1.28. The Morgan fingerprint density at radius 1 is 1.28 bits per heavy atom. The SMILES string of the molecule is CCOC(=O)c1cn2nc(N3CCNCC3)c(-c3cccc(OC)c3)c2c(=O)[nH]1. The van der Waals surface area contributed by atoms with E-state index in [-0.39, 0.29) is 12.3 Å². The minimum atomic E-state index is -0.589. The third-order valence-electron chi connectivity index (χ3n) is 4.88. The number of esters is 1. The van der Waals surface area contributed by atoms with Gasteiger partial charge in [-0.1, -0.05) is 12.1 Å². The van der Waals surface area contributed by atoms with Gasteiger partial charge in [0.15, 0.2) is 5.82 Å². The Balaban J connectivity index is 1.94. The van der Waals surface area contributed by atoms with Crippen molar-refractivity contribution in [1.82, 2.24) is 19.9 Å². The molecule has 152 valence electrons. The van der Waals surface area contributed by atoms with E-state index in [4.69, 9.17) is 9.47 Å². The molecule has 0 unspecified atom stereocenters. The van der Waals surface area contributed by atoms with Crippen LogP contribution in [0.4, 0.5) is 5.82 Å². The van der Waals surface area contributed by atoms with Gasteiger partial charge in [0, 0.05) is 26.2 Å². The first-order valence-corrected chi connectivity index (χ1v) is 9.55. The number of methoxy groups -OCH3 is 1. The number of rotatable bonds is 5. The lowest BCUT2D eigenvalue weighted by atomic mass is 10.1. The van der Waals surface area contributed by atoms with Crippen molar-refractivity contribution in [1.29, 1.82) is 0 Å². The highest BCUT2D eigenvalue weighted by molar-refractivity contribution is 5.92. The number of nitrogens with zero attached hydrogens (tertiary/aromatic N) is 3. The van der Waals surface area contributed by atoms with Crippen LogP contribution in [0.2, 0.25) is 0 Å². The molecule has 1 saturated heterocycles. The van der Waals surface area contributed by atoms with Crippen LogP contribution in [-0.4, -0.2) is 60.5 Å². The number of hydrogen-bond donors (Lipinski definition) is 2. The van der Waals surface area contributed by atoms with Crippen LogP contribution in [0.1, 0.15) is 17.4 Å². The summed E-state index contributed by atoms with van der Waals surface area (Å²) in [4.78, 5) is 29.9. The van der Waals surface area contributed by atoms with E-state index in [0.29, 0.717) is 22.6 Å². The van der Waals surface area contributed by atoms with Gasteiger partial charge < -0.3 is 24.7 Å². The summed E-state index contributed by atoms with van der Waals surface area (Å²) in [6.45, 7) is 5.13. The van der Waals surface area contributed by atoms with Gasteiger partial charge in [0.05, 0.1) is 25.5 Å². The molecule has 2 aromatic heterocycles. The summed E-state index contributed by atoms with van der Waals surface area (Å²) in [6, 6.07) is 7.52. The van der Waals surface area contributed by atoms with Crippen LogP contribution < -0.4 is 20.5 Å². The molecule has 2 N–H and O–H groups in total. The number of ether oxygens (including phenoxy) is 2. The second-order valence-corrected chi connectivity index (χ2v) is 6.68. The van der Waals surface area contributed by atoms with E-state index in [9.17, 15) is 9.59 Å². The molecule has 1 fully saturated rings. The molecule has 0 bridgehead atoms. The van der Waals surface area contributed by atoms with E-state index in [1.54, 1.807) is 14.0 Å². The zero-order valence-corrected chi connectivity index (χ0v) is 16.4. The first-order chi connectivity index (χ1) is 14.1. The number of nitrogens with one attached hydrogen (secondary N) is 2. The van der Waals surface area contributed by atoms with E-state index in [2.05, 4.69) is 20.3 Å². The van der Waals surface area contributed by atoms with Crippen molar-refractivity contribution in [2.75, 3.05) is 44.8 Å². The Bertz CT molecular complexity index is 1100. The minimum absolute atomic E-state index is 0.0657. The molecule has 4 rings (SSSR count). The summed E-state index contributed by atoms with van der Waals surface area (Å²) < 4.78 is 11.8. The van der Waals surface area contributed by atoms with Crippen molar-refractivity contribution in [3.8, 4) is 16.9 Å². The smallest absolute Gasteiger partial charge is 0.356 e. The summed E-state index contributed by atoms with van der Waals surface area (Å²) in [6.07, 6.45) is 1.50. The molecular formula is C20H23N5O4. The molecule has 1 aliphatic heterocycles. The van der Waals surface area contributed by atoms with Gasteiger partial charge in [-0.15, -0.1) is 5.10 Å². The van der Waals surface area contributed by atoms with Gasteiger partial charge in [-0.25, -0.2) is 9.31 Å². The van der Waals surface area contributed by atoms with E-state index in [1.807, 2.05) is 24.3 Å². The van der Waals surface area contributed by atoms with Gasteiger partial charge in [0.1, 0.15) is 17.0 Å². The first kappa shape index (κ1) is 19.0. The Labute approximate surface area is 167 Å². The number of benzene rings is 1. The maximum Gasteiger partial charge on any atom is 0.356 e. The number of fused-ring (bicyclic) bond motifs is 1. The number of carbonyl (C=O) groups excluding carboxylic acids is 1. The van der Waals surface area contributed by atoms with Gasteiger partial charge >= 0.3 is 5.97 Å². The predicted molar refractivity (Wildman–Crippen MR) is 109 cm³/mol. The molecule has 0 aliphatic carbocycles. The van der Waals surface area contributed by atoms with Gasteiger partial charge in [-0.2, -0.15) is 0 Å². The zero-order chi connectivity index (χ0) is 20.4. The van der Waals surface area contributed by atoms with Crippen LogP contribution in [0, 0.1) is 0 Å². The first-order valence-electron chi connectivity index (χ1n) is 9.55. The van der Waals surface area contributed by atoms with Crippen LogP contribution in [-0.2, 0) is 4.74 Å². The van der Waals surface area contributed by atoms with E-state index in [1.165, 1.54) is 10.7 Å². The Hall–Kier alpha value is -3.33. The summed E-state index contributed by atoms with van der Waals surface area (Å²) in [7, 11) is 1.60. The van der Waals surface area contributed by atoms with E-state index < -0.39 is 11.5 Å². The highest BCUT2D eigenvalue weighted by atomic mass is 16.5. The fourth-order valence-corrected chi connectivity index (χ4v) is 3.52. The van der Waals surface area contributed by atoms with E-state index >= 15 is 0 Å². The molecule has 3 aromatic rings. The van der Waals surface area contributed by atoms with Crippen molar-refractivity contribution >= 4 is 17.3 Å². The summed E-state index contributed by atoms with van der Waals surface area (Å²) in [5.41, 5.74) is 1.57. The van der Waals surface area contributed by atoms with Gasteiger partial charge in [0.2, 0.25) is 0 Å². The fraction of sp³-hybridized carbons (Fsp3) is 0.350. The van der Waals surface area contributed by atoms with Crippen molar-refractivity contribution in [3.05, 3.63) is 46.5 Å². The zero-order valence-electron chi connectivity index (χ0n) is 16.4. The lowest BCUT2D eigenvalue weighted by Crippen LogP contribution is -2.43. The third kappa shape index (κ3) is 3.56. The fourth-order valence-electron chi connectivity index (χ4n) is 3.52. The number of aromatic nitrogens is 3. The summed E-state index contributed by atoms with van der Waals surface area (Å²) in [5, 5.41) is 8.00. The molecule has 0 saturated carbocycles. The lowest BCUT2D eigenvalue weighted by molar-refractivity contribution is 0.0518. The van der Waals surface area contributed by atoms with Gasteiger partial charge in [-0.05, 0) is 24.6 Å². The summed E-state index contributed by atoms with van der Waals surface area (Å²) >= 11 is 0. The standard InChI is InChI=1S/C20H23N5O4/c1-3-29-20(27)15-12-25-17(19(26)22-15)16(13-5-4-6-14(11-13)28-2)18(23-25)24-9-7-21-8-10-24/h4-6,11-12,21H,3,7-10H2,1-2H3,(H,22,26). The molecule has 0 spiro atoms. The van der Waals surface area contributed by atoms with Crippen LogP contribution in [0.3, 0.4) is 0 Å². The van der Waals surface area contributed by atoms with Gasteiger partial charge in [0.25, 0.3) is 5.56 Å². The largest absolute Gasteiger partial charge is 0.497 e. The van der Waals surface area contributed by atoms with Crippen LogP contribution in [0.25, 0.3) is 16.6 Å². The number of carbonyl (C=O) groups is 1. The topological polar surface area (TPSA) is 101 Å². The normalized spacial score (nSPS) is 14.2. The quantitative estimate of drug-likeness (QED) is 0.626. The molecule has 9 nitrogen and oxygen atoms in total. The Morgan fingerprint density at radius 2 is 2.07 bits per heavy atom. The Morgan fingerprint density at radius 3 is 2.79 bits per heavy atom. The van der Waals surface area contributed by atoms with Crippen molar-refractivity contribution in [2.24, 2.45) is 0 Å². The number of aromatic amines is 1. The van der Waals surface area contributed by atoms with Crippen molar-refractivity contribution < 1.29 is 14.3 Å². The molecular weight excluding hydrogens is 374 g/mol. The number of H-pyrrole nitrogens is 1. The molecule has 0 radical (unpaired) electrons. The second-order valence-electron chi connectivity index (χ2n) is 6.68. The van der Waals surface area contributed by atoms with Crippen LogP contribution in [0.15, 0.2) is 35.3 Å². The average molecular weight is 397 g/mol. The average Bonchev–Trinajstić information content (AvgIpc) is 3.15. The molecule has 1 aliphatic rings. The molecule has 9 heteroatoms. The maximum atomic E-state index is 13.0. The van der Waals surface area contributed by atoms with Crippen molar-refractivity contribution in [2.45, 2.75) is 6.92 Å². The number of piperazine rings is 1. The van der Waals surface area contributed by atoms with E-state index in [0.717, 1.165) is 31.7 Å². The number of hydrogen-bond acceptors (Lipinski definition) is 7. The Kier molecular flexibility index (Phi) is 5.22. The van der Waals surface area contributed by atoms with Crippen molar-refractivity contribution in [3.63, 3.8) is 0 Å². The maximum absolute atomic E-state index is 13.0. The highest BCUT2D eigenvalue weighted by Crippen LogP contribution is 2.34. The lowest BCUT2D eigenvalue weighted by Gasteiger charge is -2.28. The summed E-state index contributed by atoms with van der Waals surface area (Å²) in [5.74, 6) is 0.799. The third-order valence-corrected chi connectivity index (χ3v) is 4.88. The molecule has 3 heterocycles. The number of anilines is 1. The highest BCUT2D eigenvalue weighted by Gasteiger charge is 2.25. The monoisotopic (exact) mass is 397 g/mol. The molecule has 1 aromatic carbocycles. The van der Waals surface area contributed by atoms with Crippen LogP contribution >= 0.6 is 0 Å². The molecule has 0 amide bonds. The van der Waals surface area contributed by atoms with Gasteiger partial charge in [-0.3, -0.25) is 4.79 Å². The molecule has 0 atom stereocenters. The minimum Gasteiger partial charge on any atom is -0.497 e. The molecule has 29 heavy (non-hydrogen) atoms. The van der Waals surface area contributed by atoms with Crippen LogP contribution in [0.5, 0.6) is 5.75 Å². The second kappa shape index (κ2) is 7.96.